The summed E-state index contributed by atoms with van der Waals surface area (Å²) in [6.45, 7) is 1.85. The van der Waals surface area contributed by atoms with E-state index in [0.717, 1.165) is 13.0 Å². The number of hydrogen-bond acceptors (Lipinski definition) is 5. The third kappa shape index (κ3) is 5.38. The minimum atomic E-state index is -2.67. The van der Waals surface area contributed by atoms with Crippen molar-refractivity contribution in [1.29, 1.82) is 0 Å². The summed E-state index contributed by atoms with van der Waals surface area (Å²) in [6, 6.07) is 26.0. The SMILES string of the molecule is O=C(O)C1(C(c2ccc(Oc3ccccc3)cc2)=S(=O)=O)CCN(CCc2ccccc2)CC1. The van der Waals surface area contributed by atoms with Gasteiger partial charge in [-0.1, -0.05) is 48.5 Å². The topological polar surface area (TPSA) is 83.9 Å². The molecule has 1 aliphatic rings. The highest BCUT2D eigenvalue weighted by atomic mass is 32.2. The highest BCUT2D eigenvalue weighted by Crippen LogP contribution is 2.36. The molecule has 4 rings (SSSR count). The van der Waals surface area contributed by atoms with Crippen LogP contribution in [0.5, 0.6) is 11.5 Å². The molecule has 3 aromatic rings. The number of rotatable bonds is 8. The van der Waals surface area contributed by atoms with Gasteiger partial charge in [-0.25, -0.2) is 0 Å². The van der Waals surface area contributed by atoms with Crippen LogP contribution in [-0.4, -0.2) is 48.9 Å². The van der Waals surface area contributed by atoms with Crippen LogP contribution in [0.4, 0.5) is 0 Å². The van der Waals surface area contributed by atoms with Crippen molar-refractivity contribution in [2.45, 2.75) is 19.3 Å². The molecule has 1 heterocycles. The summed E-state index contributed by atoms with van der Waals surface area (Å²) in [5, 5.41) is 10.2. The standard InChI is InChI=1S/C27H27NO5S/c29-26(30)27(16-19-28(20-17-27)18-15-21-7-3-1-4-8-21)25(34(31)32)22-11-13-24(14-12-22)33-23-9-5-2-6-10-23/h1-14H,15-20H2,(H,29,30). The largest absolute Gasteiger partial charge is 0.481 e. The zero-order chi connectivity index (χ0) is 24.0. The van der Waals surface area contributed by atoms with Crippen molar-refractivity contribution >= 4 is 21.1 Å². The smallest absolute Gasteiger partial charge is 0.315 e. The molecule has 1 aliphatic heterocycles. The zero-order valence-corrected chi connectivity index (χ0v) is 19.6. The Morgan fingerprint density at radius 1 is 0.853 bits per heavy atom. The Labute approximate surface area is 201 Å². The monoisotopic (exact) mass is 477 g/mol. The molecule has 34 heavy (non-hydrogen) atoms. The van der Waals surface area contributed by atoms with Crippen LogP contribution in [0.25, 0.3) is 0 Å². The first-order valence-corrected chi connectivity index (χ1v) is 12.4. The molecular formula is C27H27NO5S. The van der Waals surface area contributed by atoms with E-state index in [4.69, 9.17) is 4.74 Å². The van der Waals surface area contributed by atoms with E-state index in [1.165, 1.54) is 5.56 Å². The maximum Gasteiger partial charge on any atom is 0.315 e. The Hall–Kier alpha value is -3.42. The van der Waals surface area contributed by atoms with E-state index in [0.29, 0.717) is 30.2 Å². The van der Waals surface area contributed by atoms with E-state index in [1.807, 2.05) is 48.5 Å². The third-order valence-electron chi connectivity index (χ3n) is 6.38. The highest BCUT2D eigenvalue weighted by molar-refractivity contribution is 7.73. The molecule has 3 aromatic carbocycles. The highest BCUT2D eigenvalue weighted by Gasteiger charge is 2.47. The number of aliphatic carboxylic acids is 1. The van der Waals surface area contributed by atoms with Gasteiger partial charge in [0.05, 0.1) is 4.86 Å². The lowest BCUT2D eigenvalue weighted by Gasteiger charge is -2.39. The lowest BCUT2D eigenvalue weighted by atomic mass is 9.73. The van der Waals surface area contributed by atoms with Crippen molar-refractivity contribution in [3.05, 3.63) is 96.1 Å². The van der Waals surface area contributed by atoms with Gasteiger partial charge in [-0.05, 0) is 79.9 Å². The van der Waals surface area contributed by atoms with Crippen molar-refractivity contribution in [2.75, 3.05) is 19.6 Å². The number of ether oxygens (including phenoxy) is 1. The van der Waals surface area contributed by atoms with E-state index in [9.17, 15) is 18.3 Å². The molecule has 0 radical (unpaired) electrons. The number of carboxylic acid groups (broad SMARTS) is 1. The van der Waals surface area contributed by atoms with Crippen LogP contribution in [0.1, 0.15) is 24.0 Å². The zero-order valence-electron chi connectivity index (χ0n) is 18.8. The molecule has 1 N–H and O–H groups in total. The van der Waals surface area contributed by atoms with Crippen molar-refractivity contribution in [1.82, 2.24) is 4.90 Å². The van der Waals surface area contributed by atoms with Gasteiger partial charge >= 0.3 is 5.97 Å². The molecule has 0 saturated carbocycles. The average molecular weight is 478 g/mol. The normalized spacial score (nSPS) is 15.4. The molecule has 0 aliphatic carbocycles. The fraction of sp³-hybridized carbons (Fsp3) is 0.259. The van der Waals surface area contributed by atoms with Crippen LogP contribution < -0.4 is 4.74 Å². The van der Waals surface area contributed by atoms with Gasteiger partial charge in [0.15, 0.2) is 0 Å². The molecule has 1 fully saturated rings. The number of likely N-dealkylation sites (tertiary alicyclic amines) is 1. The van der Waals surface area contributed by atoms with Crippen LogP contribution >= 0.6 is 0 Å². The Balaban J connectivity index is 1.50. The molecule has 1 saturated heterocycles. The predicted molar refractivity (Wildman–Crippen MR) is 132 cm³/mol. The number of hydrogen-bond donors (Lipinski definition) is 1. The molecule has 6 nitrogen and oxygen atoms in total. The summed E-state index contributed by atoms with van der Waals surface area (Å²) in [4.78, 5) is 14.6. The molecule has 0 spiro atoms. The molecule has 0 atom stereocenters. The number of carboxylic acids is 1. The van der Waals surface area contributed by atoms with Crippen molar-refractivity contribution in [3.63, 3.8) is 0 Å². The fourth-order valence-corrected chi connectivity index (χ4v) is 5.40. The van der Waals surface area contributed by atoms with E-state index >= 15 is 0 Å². The second-order valence-corrected chi connectivity index (χ2v) is 9.35. The minimum absolute atomic E-state index is 0.0611. The average Bonchev–Trinajstić information content (AvgIpc) is 2.86. The van der Waals surface area contributed by atoms with Gasteiger partial charge in [0.1, 0.15) is 16.9 Å². The predicted octanol–water partition coefficient (Wildman–Crippen LogP) is 4.29. The molecule has 0 aromatic heterocycles. The van der Waals surface area contributed by atoms with Crippen LogP contribution in [0.2, 0.25) is 0 Å². The molecule has 0 amide bonds. The van der Waals surface area contributed by atoms with Crippen LogP contribution in [-0.2, 0) is 21.5 Å². The van der Waals surface area contributed by atoms with Gasteiger partial charge in [-0.2, -0.15) is 8.42 Å². The molecular weight excluding hydrogens is 450 g/mol. The number of nitrogens with zero attached hydrogens (tertiary/aromatic N) is 1. The number of benzene rings is 3. The van der Waals surface area contributed by atoms with Crippen LogP contribution in [0.15, 0.2) is 84.9 Å². The molecule has 0 unspecified atom stereocenters. The van der Waals surface area contributed by atoms with Gasteiger partial charge in [0.2, 0.25) is 10.3 Å². The Morgan fingerprint density at radius 3 is 1.97 bits per heavy atom. The molecule has 0 bridgehead atoms. The van der Waals surface area contributed by atoms with Gasteiger partial charge in [-0.15, -0.1) is 0 Å². The maximum atomic E-state index is 12.5. The van der Waals surface area contributed by atoms with Crippen molar-refractivity contribution in [2.24, 2.45) is 5.41 Å². The second kappa shape index (κ2) is 10.7. The van der Waals surface area contributed by atoms with Gasteiger partial charge in [-0.3, -0.25) is 4.79 Å². The summed E-state index contributed by atoms with van der Waals surface area (Å²) >= 11 is 0. The quantitative estimate of drug-likeness (QED) is 0.385. The molecule has 7 heteroatoms. The second-order valence-electron chi connectivity index (χ2n) is 8.47. The summed E-state index contributed by atoms with van der Waals surface area (Å²) in [6.07, 6.45) is 1.35. The van der Waals surface area contributed by atoms with Gasteiger partial charge < -0.3 is 14.7 Å². The first-order chi connectivity index (χ1) is 16.5. The summed E-state index contributed by atoms with van der Waals surface area (Å²) in [7, 11) is -2.67. The Morgan fingerprint density at radius 2 is 1.41 bits per heavy atom. The van der Waals surface area contributed by atoms with Crippen molar-refractivity contribution in [3.8, 4) is 11.5 Å². The number of carbonyl (C=O) groups is 1. The fourth-order valence-electron chi connectivity index (χ4n) is 4.46. The Bertz CT molecular complexity index is 1240. The first-order valence-electron chi connectivity index (χ1n) is 11.3. The maximum absolute atomic E-state index is 12.5. The lowest BCUT2D eigenvalue weighted by Crippen LogP contribution is -2.50. The van der Waals surface area contributed by atoms with Crippen molar-refractivity contribution < 1.29 is 23.1 Å². The van der Waals surface area contributed by atoms with Gasteiger partial charge in [0, 0.05) is 6.54 Å². The molecule has 176 valence electrons. The van der Waals surface area contributed by atoms with Crippen LogP contribution in [0, 0.1) is 5.41 Å². The first kappa shape index (κ1) is 23.7. The lowest BCUT2D eigenvalue weighted by molar-refractivity contribution is -0.146. The summed E-state index contributed by atoms with van der Waals surface area (Å²) in [5.74, 6) is 0.113. The Kier molecular flexibility index (Phi) is 7.45. The van der Waals surface area contributed by atoms with E-state index < -0.39 is 21.7 Å². The van der Waals surface area contributed by atoms with E-state index in [-0.39, 0.29) is 17.7 Å². The summed E-state index contributed by atoms with van der Waals surface area (Å²) in [5.41, 5.74) is 0.162. The third-order valence-corrected chi connectivity index (χ3v) is 7.34. The van der Waals surface area contributed by atoms with Gasteiger partial charge in [0.25, 0.3) is 0 Å². The number of para-hydroxylation sites is 1. The van der Waals surface area contributed by atoms with E-state index in [1.54, 1.807) is 24.3 Å². The summed E-state index contributed by atoms with van der Waals surface area (Å²) < 4.78 is 30.4. The van der Waals surface area contributed by atoms with Crippen LogP contribution in [0.3, 0.4) is 0 Å². The minimum Gasteiger partial charge on any atom is -0.481 e. The van der Waals surface area contributed by atoms with E-state index in [2.05, 4.69) is 17.0 Å². The number of piperidine rings is 1.